The highest BCUT2D eigenvalue weighted by Gasteiger charge is 2.29. The number of nitrogens with two attached hydrogens (primary N) is 1. The fraction of sp³-hybridized carbons (Fsp3) is 0.778. The van der Waals surface area contributed by atoms with Gasteiger partial charge in [-0.2, -0.15) is 0 Å². The van der Waals surface area contributed by atoms with Crippen LogP contribution in [0.1, 0.15) is 25.7 Å². The van der Waals surface area contributed by atoms with Gasteiger partial charge in [0.1, 0.15) is 6.04 Å². The molecule has 5 heteroatoms. The first-order valence-electron chi connectivity index (χ1n) is 4.86. The summed E-state index contributed by atoms with van der Waals surface area (Å²) in [5, 5.41) is 8.76. The molecule has 1 atom stereocenters. The van der Waals surface area contributed by atoms with Crippen LogP contribution in [0.3, 0.4) is 0 Å². The molecular weight excluding hydrogens is 184 g/mol. The number of primary amides is 1. The maximum Gasteiger partial charge on any atom is 0.240 e. The van der Waals surface area contributed by atoms with E-state index in [2.05, 4.69) is 0 Å². The number of hydrogen-bond acceptors (Lipinski definition) is 3. The minimum Gasteiger partial charge on any atom is -0.396 e. The van der Waals surface area contributed by atoms with E-state index >= 15 is 0 Å². The van der Waals surface area contributed by atoms with E-state index in [4.69, 9.17) is 10.8 Å². The van der Waals surface area contributed by atoms with Crippen LogP contribution in [0.2, 0.25) is 0 Å². The van der Waals surface area contributed by atoms with Crippen molar-refractivity contribution in [1.29, 1.82) is 0 Å². The van der Waals surface area contributed by atoms with Gasteiger partial charge in [-0.15, -0.1) is 0 Å². The SMILES string of the molecule is NC(=O)C(CCO)N1CCCCC1=O. The minimum atomic E-state index is -0.632. The monoisotopic (exact) mass is 200 g/mol. The van der Waals surface area contributed by atoms with Gasteiger partial charge >= 0.3 is 0 Å². The van der Waals surface area contributed by atoms with E-state index in [0.717, 1.165) is 12.8 Å². The van der Waals surface area contributed by atoms with Crippen LogP contribution in [0.15, 0.2) is 0 Å². The Labute approximate surface area is 82.9 Å². The standard InChI is InChI=1S/C9H16N2O3/c10-9(14)7(4-6-12)11-5-2-1-3-8(11)13/h7,12H,1-6H2,(H2,10,14). The van der Waals surface area contributed by atoms with Crippen molar-refractivity contribution in [2.75, 3.05) is 13.2 Å². The lowest BCUT2D eigenvalue weighted by Crippen LogP contribution is -2.50. The molecule has 1 aliphatic rings. The number of carbonyl (C=O) groups excluding carboxylic acids is 2. The number of piperidine rings is 1. The van der Waals surface area contributed by atoms with Crippen LogP contribution in [0.25, 0.3) is 0 Å². The van der Waals surface area contributed by atoms with E-state index in [9.17, 15) is 9.59 Å². The molecule has 5 nitrogen and oxygen atoms in total. The summed E-state index contributed by atoms with van der Waals surface area (Å²) in [6.45, 7) is 0.448. The Morgan fingerprint density at radius 2 is 2.29 bits per heavy atom. The van der Waals surface area contributed by atoms with E-state index < -0.39 is 11.9 Å². The molecule has 0 aromatic heterocycles. The van der Waals surface area contributed by atoms with Crippen LogP contribution in [0.4, 0.5) is 0 Å². The molecule has 14 heavy (non-hydrogen) atoms. The maximum atomic E-state index is 11.5. The van der Waals surface area contributed by atoms with Crippen LogP contribution in [0, 0.1) is 0 Å². The zero-order valence-electron chi connectivity index (χ0n) is 8.11. The molecule has 0 aliphatic carbocycles. The van der Waals surface area contributed by atoms with Gasteiger partial charge in [-0.05, 0) is 19.3 Å². The van der Waals surface area contributed by atoms with Crippen molar-refractivity contribution in [3.05, 3.63) is 0 Å². The molecule has 0 radical (unpaired) electrons. The second-order valence-corrected chi connectivity index (χ2v) is 3.47. The van der Waals surface area contributed by atoms with Crippen LogP contribution in [0.5, 0.6) is 0 Å². The molecule has 0 aromatic carbocycles. The summed E-state index contributed by atoms with van der Waals surface area (Å²) in [6.07, 6.45) is 2.50. The molecule has 1 aliphatic heterocycles. The number of nitrogens with zero attached hydrogens (tertiary/aromatic N) is 1. The van der Waals surface area contributed by atoms with Gasteiger partial charge in [-0.3, -0.25) is 9.59 Å². The molecule has 80 valence electrons. The first-order valence-corrected chi connectivity index (χ1v) is 4.86. The van der Waals surface area contributed by atoms with E-state index in [0.29, 0.717) is 13.0 Å². The third-order valence-corrected chi connectivity index (χ3v) is 2.47. The molecular formula is C9H16N2O3. The highest BCUT2D eigenvalue weighted by molar-refractivity contribution is 5.86. The minimum absolute atomic E-state index is 0.0338. The first-order chi connectivity index (χ1) is 6.66. The molecule has 0 spiro atoms. The van der Waals surface area contributed by atoms with Gasteiger partial charge in [-0.1, -0.05) is 0 Å². The van der Waals surface area contributed by atoms with Crippen LogP contribution in [-0.4, -0.2) is 41.0 Å². The summed E-state index contributed by atoms with van der Waals surface area (Å²) in [4.78, 5) is 24.0. The molecule has 1 rings (SSSR count). The molecule has 1 unspecified atom stereocenters. The lowest BCUT2D eigenvalue weighted by Gasteiger charge is -2.32. The Morgan fingerprint density at radius 1 is 1.57 bits per heavy atom. The quantitative estimate of drug-likeness (QED) is 0.625. The fourth-order valence-electron chi connectivity index (χ4n) is 1.73. The molecule has 1 saturated heterocycles. The average molecular weight is 200 g/mol. The van der Waals surface area contributed by atoms with E-state index in [1.807, 2.05) is 0 Å². The van der Waals surface area contributed by atoms with Crippen molar-refractivity contribution < 1.29 is 14.7 Å². The third kappa shape index (κ3) is 2.45. The highest BCUT2D eigenvalue weighted by atomic mass is 16.3. The Kier molecular flexibility index (Phi) is 3.88. The van der Waals surface area contributed by atoms with Crippen molar-refractivity contribution in [1.82, 2.24) is 4.90 Å². The summed E-state index contributed by atoms with van der Waals surface area (Å²) < 4.78 is 0. The zero-order chi connectivity index (χ0) is 10.6. The van der Waals surface area contributed by atoms with E-state index in [1.165, 1.54) is 4.90 Å². The van der Waals surface area contributed by atoms with Gasteiger partial charge in [0.05, 0.1) is 0 Å². The molecule has 0 aromatic rings. The second-order valence-electron chi connectivity index (χ2n) is 3.47. The van der Waals surface area contributed by atoms with Gasteiger partial charge in [0, 0.05) is 19.6 Å². The summed E-state index contributed by atoms with van der Waals surface area (Å²) in [5.41, 5.74) is 5.17. The van der Waals surface area contributed by atoms with E-state index in [1.54, 1.807) is 0 Å². The normalized spacial score (nSPS) is 19.5. The fourth-order valence-corrected chi connectivity index (χ4v) is 1.73. The number of likely N-dealkylation sites (tertiary alicyclic amines) is 1. The van der Waals surface area contributed by atoms with Crippen molar-refractivity contribution >= 4 is 11.8 Å². The number of amides is 2. The van der Waals surface area contributed by atoms with Gasteiger partial charge in [0.25, 0.3) is 0 Å². The number of rotatable bonds is 4. The smallest absolute Gasteiger partial charge is 0.240 e. The Morgan fingerprint density at radius 3 is 2.79 bits per heavy atom. The number of aliphatic hydroxyl groups is 1. The predicted octanol–water partition coefficient (Wildman–Crippen LogP) is -0.765. The van der Waals surface area contributed by atoms with Gasteiger partial charge < -0.3 is 15.7 Å². The van der Waals surface area contributed by atoms with Crippen LogP contribution >= 0.6 is 0 Å². The van der Waals surface area contributed by atoms with Gasteiger partial charge in [0.15, 0.2) is 0 Å². The predicted molar refractivity (Wildman–Crippen MR) is 50.2 cm³/mol. The summed E-state index contributed by atoms with van der Waals surface area (Å²) in [7, 11) is 0. The lowest BCUT2D eigenvalue weighted by molar-refractivity contribution is -0.141. The topological polar surface area (TPSA) is 83.6 Å². The molecule has 1 heterocycles. The summed E-state index contributed by atoms with van der Waals surface area (Å²) in [6, 6.07) is -0.632. The third-order valence-electron chi connectivity index (χ3n) is 2.47. The van der Waals surface area contributed by atoms with Crippen LogP contribution in [-0.2, 0) is 9.59 Å². The molecule has 1 fully saturated rings. The first kappa shape index (κ1) is 11.0. The van der Waals surface area contributed by atoms with Gasteiger partial charge in [0.2, 0.25) is 11.8 Å². The summed E-state index contributed by atoms with van der Waals surface area (Å²) >= 11 is 0. The largest absolute Gasteiger partial charge is 0.396 e. The summed E-state index contributed by atoms with van der Waals surface area (Å²) in [5.74, 6) is -0.567. The average Bonchev–Trinajstić information content (AvgIpc) is 2.15. The Balaban J connectivity index is 2.65. The maximum absolute atomic E-state index is 11.5. The number of hydrogen-bond donors (Lipinski definition) is 2. The Hall–Kier alpha value is -1.10. The Bertz CT molecular complexity index is 228. The van der Waals surface area contributed by atoms with Crippen molar-refractivity contribution in [3.8, 4) is 0 Å². The van der Waals surface area contributed by atoms with Crippen molar-refractivity contribution in [2.45, 2.75) is 31.7 Å². The molecule has 0 bridgehead atoms. The van der Waals surface area contributed by atoms with E-state index in [-0.39, 0.29) is 18.9 Å². The lowest BCUT2D eigenvalue weighted by atomic mass is 10.1. The number of aliphatic hydroxyl groups excluding tert-OH is 1. The molecule has 2 amide bonds. The second kappa shape index (κ2) is 4.95. The van der Waals surface area contributed by atoms with Crippen molar-refractivity contribution in [3.63, 3.8) is 0 Å². The molecule has 3 N–H and O–H groups in total. The van der Waals surface area contributed by atoms with Gasteiger partial charge in [-0.25, -0.2) is 0 Å². The van der Waals surface area contributed by atoms with Crippen LogP contribution < -0.4 is 5.73 Å². The zero-order valence-corrected chi connectivity index (χ0v) is 8.11. The van der Waals surface area contributed by atoms with Crippen molar-refractivity contribution in [2.24, 2.45) is 5.73 Å². The molecule has 0 saturated carbocycles. The highest BCUT2D eigenvalue weighted by Crippen LogP contribution is 2.15. The number of carbonyl (C=O) groups is 2.